The van der Waals surface area contributed by atoms with Crippen LogP contribution in [0.15, 0.2) is 41.6 Å². The molecule has 0 spiro atoms. The average molecular weight is 336 g/mol. The highest BCUT2D eigenvalue weighted by Gasteiger charge is 2.11. The third-order valence-electron chi connectivity index (χ3n) is 3.04. The van der Waals surface area contributed by atoms with Gasteiger partial charge in [-0.1, -0.05) is 29.4 Å². The first kappa shape index (κ1) is 16.8. The summed E-state index contributed by atoms with van der Waals surface area (Å²) >= 11 is 7.48. The molecule has 0 amide bonds. The summed E-state index contributed by atoms with van der Waals surface area (Å²) in [5, 5.41) is 1.51. The Kier molecular flexibility index (Phi) is 6.28. The second-order valence-electron chi connectivity index (χ2n) is 4.81. The Balaban J connectivity index is 2.00. The maximum atomic E-state index is 12.2. The number of hydrogen-bond donors (Lipinski definition) is 0. The van der Waals surface area contributed by atoms with Gasteiger partial charge in [0.05, 0.1) is 17.4 Å². The molecule has 1 aromatic heterocycles. The van der Waals surface area contributed by atoms with Gasteiger partial charge in [-0.05, 0) is 43.7 Å². The summed E-state index contributed by atoms with van der Waals surface area (Å²) < 4.78 is 5.54. The van der Waals surface area contributed by atoms with Crippen molar-refractivity contribution >= 4 is 29.1 Å². The smallest absolute Gasteiger partial charge is 0.147 e. The number of aromatic nitrogens is 1. The van der Waals surface area contributed by atoms with E-state index in [0.29, 0.717) is 23.8 Å². The second kappa shape index (κ2) is 8.20. The molecule has 0 radical (unpaired) electrons. The number of benzene rings is 1. The highest BCUT2D eigenvalue weighted by atomic mass is 35.5. The molecule has 1 aromatic carbocycles. The van der Waals surface area contributed by atoms with Crippen molar-refractivity contribution in [2.45, 2.75) is 25.3 Å². The Labute approximate surface area is 140 Å². The summed E-state index contributed by atoms with van der Waals surface area (Å²) in [5.41, 5.74) is 1.91. The number of hydrogen-bond acceptors (Lipinski definition) is 4. The molecule has 5 heteroatoms. The van der Waals surface area contributed by atoms with Gasteiger partial charge in [0.2, 0.25) is 0 Å². The van der Waals surface area contributed by atoms with Gasteiger partial charge >= 0.3 is 0 Å². The fourth-order valence-corrected chi connectivity index (χ4v) is 3.04. The molecular weight excluding hydrogens is 318 g/mol. The number of ketones is 1. The summed E-state index contributed by atoms with van der Waals surface area (Å²) in [5.74, 6) is 1.23. The van der Waals surface area contributed by atoms with Crippen molar-refractivity contribution in [1.82, 2.24) is 4.98 Å². The van der Waals surface area contributed by atoms with Gasteiger partial charge in [-0.2, -0.15) is 0 Å². The number of nitrogens with zero attached hydrogens (tertiary/aromatic N) is 1. The number of pyridine rings is 1. The monoisotopic (exact) mass is 335 g/mol. The minimum atomic E-state index is 0.123. The van der Waals surface area contributed by atoms with E-state index in [-0.39, 0.29) is 5.78 Å². The standard InChI is InChI=1S/C17H18ClNO2S/c1-3-21-16-7-6-14(18)9-13(16)10-15(20)11-22-17-12(2)5-4-8-19-17/h4-9H,3,10-11H2,1-2H3. The number of aryl methyl sites for hydroxylation is 1. The van der Waals surface area contributed by atoms with E-state index < -0.39 is 0 Å². The van der Waals surface area contributed by atoms with Gasteiger partial charge in [-0.25, -0.2) is 4.98 Å². The van der Waals surface area contributed by atoms with Crippen LogP contribution >= 0.6 is 23.4 Å². The zero-order chi connectivity index (χ0) is 15.9. The Hall–Kier alpha value is -1.52. The molecule has 2 rings (SSSR count). The molecule has 0 N–H and O–H groups in total. The van der Waals surface area contributed by atoms with Crippen molar-refractivity contribution in [3.63, 3.8) is 0 Å². The molecule has 0 bridgehead atoms. The van der Waals surface area contributed by atoms with Gasteiger partial charge in [0.1, 0.15) is 11.5 Å². The zero-order valence-electron chi connectivity index (χ0n) is 12.6. The largest absolute Gasteiger partial charge is 0.494 e. The van der Waals surface area contributed by atoms with E-state index in [1.807, 2.05) is 32.0 Å². The number of carbonyl (C=O) groups is 1. The van der Waals surface area contributed by atoms with Crippen molar-refractivity contribution < 1.29 is 9.53 Å². The van der Waals surface area contributed by atoms with E-state index in [1.165, 1.54) is 11.8 Å². The van der Waals surface area contributed by atoms with Crippen LogP contribution in [0.5, 0.6) is 5.75 Å². The van der Waals surface area contributed by atoms with Crippen molar-refractivity contribution in [3.8, 4) is 5.75 Å². The normalized spacial score (nSPS) is 10.5. The molecule has 116 valence electrons. The van der Waals surface area contributed by atoms with Gasteiger partial charge < -0.3 is 4.74 Å². The Morgan fingerprint density at radius 2 is 2.18 bits per heavy atom. The SMILES string of the molecule is CCOc1ccc(Cl)cc1CC(=O)CSc1ncccc1C. The first-order chi connectivity index (χ1) is 10.6. The summed E-state index contributed by atoms with van der Waals surface area (Å²) in [6.45, 7) is 4.47. The molecule has 0 saturated carbocycles. The quantitative estimate of drug-likeness (QED) is 0.705. The van der Waals surface area contributed by atoms with Gasteiger partial charge in [-0.15, -0.1) is 0 Å². The number of rotatable bonds is 7. The first-order valence-corrected chi connectivity index (χ1v) is 8.44. The molecule has 0 saturated heterocycles. The lowest BCUT2D eigenvalue weighted by atomic mass is 10.1. The van der Waals surface area contributed by atoms with Crippen LogP contribution in [0.2, 0.25) is 5.02 Å². The van der Waals surface area contributed by atoms with Crippen LogP contribution < -0.4 is 4.74 Å². The predicted molar refractivity (Wildman–Crippen MR) is 91.0 cm³/mol. The minimum absolute atomic E-state index is 0.123. The average Bonchev–Trinajstić information content (AvgIpc) is 2.49. The molecule has 3 nitrogen and oxygen atoms in total. The van der Waals surface area contributed by atoms with E-state index >= 15 is 0 Å². The van der Waals surface area contributed by atoms with Gasteiger partial charge in [-0.3, -0.25) is 4.79 Å². The van der Waals surface area contributed by atoms with E-state index in [2.05, 4.69) is 4.98 Å². The number of carbonyl (C=O) groups excluding carboxylic acids is 1. The third kappa shape index (κ3) is 4.75. The number of Topliss-reactive ketones (excluding diaryl/α,β-unsaturated/α-hetero) is 1. The summed E-state index contributed by atoms with van der Waals surface area (Å²) in [6, 6.07) is 9.25. The van der Waals surface area contributed by atoms with Gasteiger partial charge in [0, 0.05) is 23.2 Å². The lowest BCUT2D eigenvalue weighted by molar-refractivity contribution is -0.116. The van der Waals surface area contributed by atoms with Gasteiger partial charge in [0.25, 0.3) is 0 Å². The lowest BCUT2D eigenvalue weighted by Crippen LogP contribution is -2.08. The van der Waals surface area contributed by atoms with Gasteiger partial charge in [0.15, 0.2) is 0 Å². The van der Waals surface area contributed by atoms with Crippen LogP contribution in [0.3, 0.4) is 0 Å². The van der Waals surface area contributed by atoms with Crippen LogP contribution in [-0.4, -0.2) is 23.1 Å². The number of halogens is 1. The molecule has 0 aliphatic heterocycles. The van der Waals surface area contributed by atoms with Crippen molar-refractivity contribution in [2.24, 2.45) is 0 Å². The highest BCUT2D eigenvalue weighted by molar-refractivity contribution is 7.99. The molecule has 22 heavy (non-hydrogen) atoms. The maximum Gasteiger partial charge on any atom is 0.147 e. The maximum absolute atomic E-state index is 12.2. The van der Waals surface area contributed by atoms with Crippen molar-refractivity contribution in [1.29, 1.82) is 0 Å². The van der Waals surface area contributed by atoms with Crippen LogP contribution in [0.25, 0.3) is 0 Å². The molecular formula is C17H18ClNO2S. The van der Waals surface area contributed by atoms with Crippen LogP contribution in [0, 0.1) is 6.92 Å². The minimum Gasteiger partial charge on any atom is -0.494 e. The summed E-state index contributed by atoms with van der Waals surface area (Å²) in [4.78, 5) is 16.5. The fourth-order valence-electron chi connectivity index (χ4n) is 2.02. The van der Waals surface area contributed by atoms with Crippen LogP contribution in [-0.2, 0) is 11.2 Å². The van der Waals surface area contributed by atoms with Crippen LogP contribution in [0.1, 0.15) is 18.1 Å². The van der Waals surface area contributed by atoms with E-state index in [1.54, 1.807) is 18.3 Å². The number of thioether (sulfide) groups is 1. The van der Waals surface area contributed by atoms with E-state index in [9.17, 15) is 4.79 Å². The second-order valence-corrected chi connectivity index (χ2v) is 6.22. The van der Waals surface area contributed by atoms with Crippen molar-refractivity contribution in [2.75, 3.05) is 12.4 Å². The molecule has 0 atom stereocenters. The highest BCUT2D eigenvalue weighted by Crippen LogP contribution is 2.25. The molecule has 0 unspecified atom stereocenters. The number of ether oxygens (including phenoxy) is 1. The summed E-state index contributed by atoms with van der Waals surface area (Å²) in [7, 11) is 0. The van der Waals surface area contributed by atoms with Crippen LogP contribution in [0.4, 0.5) is 0 Å². The van der Waals surface area contributed by atoms with E-state index in [4.69, 9.17) is 16.3 Å². The zero-order valence-corrected chi connectivity index (χ0v) is 14.2. The Bertz CT molecular complexity index is 661. The molecule has 2 aromatic rings. The molecule has 0 aliphatic rings. The van der Waals surface area contributed by atoms with E-state index in [0.717, 1.165) is 21.9 Å². The third-order valence-corrected chi connectivity index (χ3v) is 4.44. The first-order valence-electron chi connectivity index (χ1n) is 7.07. The fraction of sp³-hybridized carbons (Fsp3) is 0.294. The lowest BCUT2D eigenvalue weighted by Gasteiger charge is -2.10. The predicted octanol–water partition coefficient (Wildman–Crippen LogP) is 4.35. The Morgan fingerprint density at radius 1 is 1.36 bits per heavy atom. The summed E-state index contributed by atoms with van der Waals surface area (Å²) in [6.07, 6.45) is 2.05. The topological polar surface area (TPSA) is 39.2 Å². The molecule has 0 aliphatic carbocycles. The molecule has 1 heterocycles. The Morgan fingerprint density at radius 3 is 2.91 bits per heavy atom. The van der Waals surface area contributed by atoms with Crippen molar-refractivity contribution in [3.05, 3.63) is 52.7 Å². The molecule has 0 fully saturated rings.